The van der Waals surface area contributed by atoms with Crippen molar-refractivity contribution in [3.8, 4) is 0 Å². The Morgan fingerprint density at radius 2 is 1.72 bits per heavy atom. The average molecular weight is 360 g/mol. The van der Waals surface area contributed by atoms with E-state index in [1.165, 1.54) is 20.8 Å². The molecule has 2 atom stereocenters. The van der Waals surface area contributed by atoms with Crippen LogP contribution in [0.2, 0.25) is 0 Å². The molecule has 144 valence electrons. The zero-order valence-corrected chi connectivity index (χ0v) is 15.4. The number of aliphatic hydroxyl groups is 1. The van der Waals surface area contributed by atoms with Crippen molar-refractivity contribution in [2.24, 2.45) is 22.7 Å². The van der Waals surface area contributed by atoms with Crippen molar-refractivity contribution < 1.29 is 28.2 Å². The van der Waals surface area contributed by atoms with Gasteiger partial charge in [-0.05, 0) is 50.4 Å². The summed E-state index contributed by atoms with van der Waals surface area (Å²) in [7, 11) is 0. The van der Waals surface area contributed by atoms with E-state index in [9.17, 15) is 18.7 Å². The molecule has 25 heavy (non-hydrogen) atoms. The van der Waals surface area contributed by atoms with Crippen LogP contribution in [-0.2, 0) is 14.3 Å². The Bertz CT molecular complexity index is 512. The molecule has 4 rings (SSSR count). The summed E-state index contributed by atoms with van der Waals surface area (Å²) >= 11 is 0. The van der Waals surface area contributed by atoms with Crippen LogP contribution in [-0.4, -0.2) is 36.0 Å². The molecule has 0 aliphatic heterocycles. The minimum atomic E-state index is -3.21. The van der Waals surface area contributed by atoms with E-state index < -0.39 is 22.5 Å². The molecule has 0 amide bonds. The fraction of sp³-hybridized carbons (Fsp3) is 0.947. The molecule has 4 nitrogen and oxygen atoms in total. The highest BCUT2D eigenvalue weighted by molar-refractivity contribution is 5.77. The van der Waals surface area contributed by atoms with E-state index in [2.05, 4.69) is 4.74 Å². The van der Waals surface area contributed by atoms with E-state index in [0.717, 1.165) is 32.1 Å². The molecule has 0 aromatic rings. The first-order valence-corrected chi connectivity index (χ1v) is 9.36. The Morgan fingerprint density at radius 3 is 2.24 bits per heavy atom. The summed E-state index contributed by atoms with van der Waals surface area (Å²) in [5, 5.41) is 10.7. The Labute approximate surface area is 148 Å². The van der Waals surface area contributed by atoms with Crippen molar-refractivity contribution in [3.05, 3.63) is 0 Å². The normalized spacial score (nSPS) is 37.4. The monoisotopic (exact) mass is 360 g/mol. The van der Waals surface area contributed by atoms with Crippen LogP contribution >= 0.6 is 0 Å². The number of hydrogen-bond acceptors (Lipinski definition) is 4. The van der Waals surface area contributed by atoms with Crippen LogP contribution in [0.4, 0.5) is 8.78 Å². The van der Waals surface area contributed by atoms with Crippen molar-refractivity contribution in [1.82, 2.24) is 0 Å². The molecular formula is C19H30F2O4. The minimum Gasteiger partial charge on any atom is -0.465 e. The summed E-state index contributed by atoms with van der Waals surface area (Å²) in [6.07, 6.45) is 1.82. The summed E-state index contributed by atoms with van der Waals surface area (Å²) in [5.74, 6) is 0.558. The fourth-order valence-electron chi connectivity index (χ4n) is 5.25. The summed E-state index contributed by atoms with van der Waals surface area (Å²) in [4.78, 5) is 12.6. The quantitative estimate of drug-likeness (QED) is 0.576. The molecule has 4 aliphatic carbocycles. The second-order valence-electron chi connectivity index (χ2n) is 9.57. The second-order valence-corrected chi connectivity index (χ2v) is 9.57. The molecular weight excluding hydrogens is 330 g/mol. The lowest BCUT2D eigenvalue weighted by atomic mass is 9.48. The number of ether oxygens (including phenoxy) is 2. The van der Waals surface area contributed by atoms with Crippen LogP contribution in [0, 0.1) is 22.7 Å². The van der Waals surface area contributed by atoms with E-state index in [0.29, 0.717) is 18.3 Å². The summed E-state index contributed by atoms with van der Waals surface area (Å²) in [6.45, 7) is 4.19. The molecule has 0 heterocycles. The van der Waals surface area contributed by atoms with Crippen molar-refractivity contribution in [2.75, 3.05) is 13.2 Å². The van der Waals surface area contributed by atoms with Crippen molar-refractivity contribution >= 4 is 5.97 Å². The Kier molecular flexibility index (Phi) is 4.68. The second kappa shape index (κ2) is 6.15. The largest absolute Gasteiger partial charge is 0.465 e. The third-order valence-corrected chi connectivity index (χ3v) is 6.14. The number of hydrogen-bond donors (Lipinski definition) is 1. The van der Waals surface area contributed by atoms with Crippen LogP contribution in [0.3, 0.4) is 0 Å². The first-order valence-electron chi connectivity index (χ1n) is 9.36. The molecule has 0 aromatic heterocycles. The number of alkyl halides is 2. The van der Waals surface area contributed by atoms with Gasteiger partial charge in [-0.1, -0.05) is 20.8 Å². The molecule has 4 saturated carbocycles. The molecule has 4 fully saturated rings. The first-order chi connectivity index (χ1) is 11.4. The number of esters is 1. The van der Waals surface area contributed by atoms with Crippen molar-refractivity contribution in [2.45, 2.75) is 77.4 Å². The fourth-order valence-corrected chi connectivity index (χ4v) is 5.25. The first kappa shape index (κ1) is 19.0. The smallest absolute Gasteiger partial charge is 0.360 e. The lowest BCUT2D eigenvalue weighted by Crippen LogP contribution is -2.58. The van der Waals surface area contributed by atoms with Crippen molar-refractivity contribution in [1.29, 1.82) is 0 Å². The van der Waals surface area contributed by atoms with Gasteiger partial charge in [0.2, 0.25) is 0 Å². The van der Waals surface area contributed by atoms with E-state index in [1.807, 2.05) is 0 Å². The van der Waals surface area contributed by atoms with E-state index in [-0.39, 0.29) is 25.6 Å². The van der Waals surface area contributed by atoms with Gasteiger partial charge in [-0.3, -0.25) is 4.79 Å². The van der Waals surface area contributed by atoms with Crippen LogP contribution in [0.15, 0.2) is 0 Å². The predicted octanol–water partition coefficient (Wildman–Crippen LogP) is 3.91. The van der Waals surface area contributed by atoms with Gasteiger partial charge in [-0.25, -0.2) is 0 Å². The highest BCUT2D eigenvalue weighted by Gasteiger charge is 2.60. The van der Waals surface area contributed by atoms with E-state index >= 15 is 0 Å². The lowest BCUT2D eigenvalue weighted by Gasteiger charge is -2.58. The Morgan fingerprint density at radius 1 is 1.12 bits per heavy atom. The number of halogens is 2. The zero-order chi connectivity index (χ0) is 18.5. The van der Waals surface area contributed by atoms with E-state index in [4.69, 9.17) is 4.74 Å². The van der Waals surface area contributed by atoms with Gasteiger partial charge in [-0.15, -0.1) is 0 Å². The molecule has 0 saturated heterocycles. The topological polar surface area (TPSA) is 55.8 Å². The standard InChI is InChI=1S/C19H30F2O4/c1-16(2,3)19(20,21)25-6-4-5-24-15(22)17-8-13-7-14(9-17)11-18(23,10-13)12-17/h13-14,23H,4-12H2,1-3H3. The molecule has 6 heteroatoms. The SMILES string of the molecule is CC(C)(C)C(F)(F)OCCCOC(=O)C12CC3CC(CC(O)(C3)C1)C2. The third-order valence-electron chi connectivity index (χ3n) is 6.14. The zero-order valence-electron chi connectivity index (χ0n) is 15.4. The maximum absolute atomic E-state index is 13.7. The van der Waals surface area contributed by atoms with Gasteiger partial charge in [0.1, 0.15) is 0 Å². The number of carbonyl (C=O) groups excluding carboxylic acids is 1. The van der Waals surface area contributed by atoms with Crippen LogP contribution in [0.5, 0.6) is 0 Å². The molecule has 0 radical (unpaired) electrons. The molecule has 0 aromatic carbocycles. The Hall–Kier alpha value is -0.750. The minimum absolute atomic E-state index is 0.0779. The highest BCUT2D eigenvalue weighted by Crippen LogP contribution is 2.61. The van der Waals surface area contributed by atoms with Gasteiger partial charge in [-0.2, -0.15) is 8.78 Å². The van der Waals surface area contributed by atoms with Gasteiger partial charge in [0.05, 0.1) is 29.6 Å². The van der Waals surface area contributed by atoms with Crippen LogP contribution in [0.25, 0.3) is 0 Å². The van der Waals surface area contributed by atoms with E-state index in [1.54, 1.807) is 0 Å². The lowest BCUT2D eigenvalue weighted by molar-refractivity contribution is -0.295. The number of carbonyl (C=O) groups is 1. The van der Waals surface area contributed by atoms with Crippen molar-refractivity contribution in [3.63, 3.8) is 0 Å². The predicted molar refractivity (Wildman–Crippen MR) is 88.0 cm³/mol. The van der Waals surface area contributed by atoms with Gasteiger partial charge in [0.15, 0.2) is 0 Å². The molecule has 2 unspecified atom stereocenters. The molecule has 4 aliphatic rings. The van der Waals surface area contributed by atoms with Crippen LogP contribution < -0.4 is 0 Å². The molecule has 0 spiro atoms. The van der Waals surface area contributed by atoms with Gasteiger partial charge < -0.3 is 14.6 Å². The number of rotatable bonds is 6. The molecule has 4 bridgehead atoms. The summed E-state index contributed by atoms with van der Waals surface area (Å²) in [5.41, 5.74) is -2.53. The van der Waals surface area contributed by atoms with Gasteiger partial charge in [0.25, 0.3) is 0 Å². The summed E-state index contributed by atoms with van der Waals surface area (Å²) in [6, 6.07) is 0. The third kappa shape index (κ3) is 3.70. The Balaban J connectivity index is 1.46. The molecule has 1 N–H and O–H groups in total. The maximum Gasteiger partial charge on any atom is 0.360 e. The van der Waals surface area contributed by atoms with Crippen LogP contribution in [0.1, 0.15) is 65.7 Å². The average Bonchev–Trinajstić information content (AvgIpc) is 2.42. The van der Waals surface area contributed by atoms with Gasteiger partial charge >= 0.3 is 12.1 Å². The highest BCUT2D eigenvalue weighted by atomic mass is 19.3. The van der Waals surface area contributed by atoms with Gasteiger partial charge in [0, 0.05) is 6.42 Å². The maximum atomic E-state index is 13.7. The summed E-state index contributed by atoms with van der Waals surface area (Å²) < 4.78 is 37.5.